The highest BCUT2D eigenvalue weighted by molar-refractivity contribution is 5.97. The van der Waals surface area contributed by atoms with Crippen LogP contribution in [0.15, 0.2) is 6.20 Å². The van der Waals surface area contributed by atoms with Crippen LogP contribution in [-0.4, -0.2) is 33.9 Å². The van der Waals surface area contributed by atoms with Crippen molar-refractivity contribution in [2.45, 2.75) is 46.5 Å². The maximum Gasteiger partial charge on any atom is 0.274 e. The van der Waals surface area contributed by atoms with Crippen LogP contribution in [0.1, 0.15) is 62.8 Å². The van der Waals surface area contributed by atoms with Crippen molar-refractivity contribution in [3.63, 3.8) is 0 Å². The minimum Gasteiger partial charge on any atom is -0.337 e. The van der Waals surface area contributed by atoms with E-state index in [0.29, 0.717) is 22.6 Å². The Kier molecular flexibility index (Phi) is 4.46. The number of amides is 1. The van der Waals surface area contributed by atoms with Gasteiger partial charge in [0.25, 0.3) is 5.91 Å². The van der Waals surface area contributed by atoms with E-state index in [9.17, 15) is 4.79 Å². The van der Waals surface area contributed by atoms with Crippen molar-refractivity contribution >= 4 is 11.6 Å². The first kappa shape index (κ1) is 15.7. The first-order chi connectivity index (χ1) is 9.84. The highest BCUT2D eigenvalue weighted by atomic mass is 16.2. The lowest BCUT2D eigenvalue weighted by Crippen LogP contribution is -2.41. The molecule has 0 radical (unpaired) electrons. The number of aromatic nitrogens is 2. The third-order valence-electron chi connectivity index (χ3n) is 4.09. The molecule has 1 saturated heterocycles. The number of anilines is 1. The van der Waals surface area contributed by atoms with Gasteiger partial charge >= 0.3 is 0 Å². The molecule has 21 heavy (non-hydrogen) atoms. The zero-order valence-corrected chi connectivity index (χ0v) is 13.3. The SMILES string of the molecule is CC(C)c1ncc(NN)c(C(=O)N2CCC(C)(C)CC2)n1. The largest absolute Gasteiger partial charge is 0.337 e. The summed E-state index contributed by atoms with van der Waals surface area (Å²) in [7, 11) is 0. The van der Waals surface area contributed by atoms with Crippen molar-refractivity contribution in [2.24, 2.45) is 11.3 Å². The average molecular weight is 291 g/mol. The van der Waals surface area contributed by atoms with E-state index < -0.39 is 0 Å². The second kappa shape index (κ2) is 5.97. The van der Waals surface area contributed by atoms with E-state index in [1.165, 1.54) is 0 Å². The highest BCUT2D eigenvalue weighted by Crippen LogP contribution is 2.30. The molecule has 1 amide bonds. The molecule has 3 N–H and O–H groups in total. The Morgan fingerprint density at radius 3 is 2.52 bits per heavy atom. The second-order valence-corrected chi connectivity index (χ2v) is 6.75. The molecule has 116 valence electrons. The molecular formula is C15H25N5O. The zero-order chi connectivity index (χ0) is 15.6. The molecule has 2 rings (SSSR count). The number of carbonyl (C=O) groups excluding carboxylic acids is 1. The predicted octanol–water partition coefficient (Wildman–Crippen LogP) is 2.15. The quantitative estimate of drug-likeness (QED) is 0.658. The number of piperidine rings is 1. The van der Waals surface area contributed by atoms with Crippen LogP contribution < -0.4 is 11.3 Å². The van der Waals surface area contributed by atoms with Crippen molar-refractivity contribution in [1.29, 1.82) is 0 Å². The lowest BCUT2D eigenvalue weighted by Gasteiger charge is -2.36. The molecular weight excluding hydrogens is 266 g/mol. The summed E-state index contributed by atoms with van der Waals surface area (Å²) in [6.45, 7) is 10.0. The van der Waals surface area contributed by atoms with Gasteiger partial charge < -0.3 is 10.3 Å². The molecule has 0 saturated carbocycles. The summed E-state index contributed by atoms with van der Waals surface area (Å²) < 4.78 is 0. The van der Waals surface area contributed by atoms with Crippen LogP contribution in [-0.2, 0) is 0 Å². The van der Waals surface area contributed by atoms with Crippen molar-refractivity contribution in [3.05, 3.63) is 17.7 Å². The Morgan fingerprint density at radius 2 is 2.00 bits per heavy atom. The number of hydrogen-bond donors (Lipinski definition) is 2. The molecule has 1 aliphatic heterocycles. The number of nitrogen functional groups attached to an aromatic ring is 1. The van der Waals surface area contributed by atoms with Crippen molar-refractivity contribution in [2.75, 3.05) is 18.5 Å². The van der Waals surface area contributed by atoms with E-state index in [1.807, 2.05) is 18.7 Å². The van der Waals surface area contributed by atoms with Gasteiger partial charge in [0.05, 0.1) is 11.9 Å². The summed E-state index contributed by atoms with van der Waals surface area (Å²) in [5, 5.41) is 0. The molecule has 0 atom stereocenters. The van der Waals surface area contributed by atoms with Gasteiger partial charge in [-0.1, -0.05) is 27.7 Å². The van der Waals surface area contributed by atoms with Gasteiger partial charge in [-0.2, -0.15) is 0 Å². The molecule has 1 fully saturated rings. The van der Waals surface area contributed by atoms with E-state index >= 15 is 0 Å². The Balaban J connectivity index is 2.24. The van der Waals surface area contributed by atoms with Gasteiger partial charge in [-0.25, -0.2) is 9.97 Å². The van der Waals surface area contributed by atoms with E-state index in [2.05, 4.69) is 29.2 Å². The second-order valence-electron chi connectivity index (χ2n) is 6.75. The number of likely N-dealkylation sites (tertiary alicyclic amines) is 1. The van der Waals surface area contributed by atoms with Gasteiger partial charge in [-0.15, -0.1) is 0 Å². The predicted molar refractivity (Wildman–Crippen MR) is 82.8 cm³/mol. The molecule has 6 heteroatoms. The lowest BCUT2D eigenvalue weighted by molar-refractivity contribution is 0.0625. The molecule has 0 spiro atoms. The molecule has 6 nitrogen and oxygen atoms in total. The maximum absolute atomic E-state index is 12.7. The average Bonchev–Trinajstić information content (AvgIpc) is 2.45. The topological polar surface area (TPSA) is 84.1 Å². The van der Waals surface area contributed by atoms with Crippen LogP contribution in [0.5, 0.6) is 0 Å². The summed E-state index contributed by atoms with van der Waals surface area (Å²) in [5.74, 6) is 6.25. The molecule has 2 heterocycles. The number of rotatable bonds is 3. The lowest BCUT2D eigenvalue weighted by atomic mass is 9.82. The van der Waals surface area contributed by atoms with E-state index in [1.54, 1.807) is 6.20 Å². The van der Waals surface area contributed by atoms with Crippen LogP contribution in [0.25, 0.3) is 0 Å². The first-order valence-corrected chi connectivity index (χ1v) is 7.47. The van der Waals surface area contributed by atoms with Crippen molar-refractivity contribution < 1.29 is 4.79 Å². The maximum atomic E-state index is 12.7. The third-order valence-corrected chi connectivity index (χ3v) is 4.09. The van der Waals surface area contributed by atoms with Crippen molar-refractivity contribution in [1.82, 2.24) is 14.9 Å². The number of carbonyl (C=O) groups is 1. The summed E-state index contributed by atoms with van der Waals surface area (Å²) in [6, 6.07) is 0. The standard InChI is InChI=1S/C15H25N5O/c1-10(2)13-17-9-11(19-16)12(18-13)14(21)20-7-5-15(3,4)6-8-20/h9-10,19H,5-8,16H2,1-4H3. The fourth-order valence-electron chi connectivity index (χ4n) is 2.41. The van der Waals surface area contributed by atoms with Gasteiger partial charge in [-0.05, 0) is 18.3 Å². The molecule has 1 aliphatic rings. The number of hydrogen-bond acceptors (Lipinski definition) is 5. The molecule has 0 unspecified atom stereocenters. The number of nitrogens with two attached hydrogens (primary N) is 1. The van der Waals surface area contributed by atoms with Crippen LogP contribution >= 0.6 is 0 Å². The van der Waals surface area contributed by atoms with Crippen LogP contribution in [0.3, 0.4) is 0 Å². The van der Waals surface area contributed by atoms with E-state index in [4.69, 9.17) is 5.84 Å². The Hall–Kier alpha value is -1.69. The Labute approximate surface area is 126 Å². The molecule has 1 aromatic rings. The monoisotopic (exact) mass is 291 g/mol. The first-order valence-electron chi connectivity index (χ1n) is 7.47. The van der Waals surface area contributed by atoms with Crippen molar-refractivity contribution in [3.8, 4) is 0 Å². The Morgan fingerprint density at radius 1 is 1.38 bits per heavy atom. The highest BCUT2D eigenvalue weighted by Gasteiger charge is 2.30. The number of nitrogens with zero attached hydrogens (tertiary/aromatic N) is 3. The summed E-state index contributed by atoms with van der Waals surface area (Å²) in [5.41, 5.74) is 3.68. The smallest absolute Gasteiger partial charge is 0.274 e. The van der Waals surface area contributed by atoms with Gasteiger partial charge in [-0.3, -0.25) is 10.6 Å². The molecule has 0 bridgehead atoms. The number of nitrogens with one attached hydrogen (secondary N) is 1. The molecule has 0 aromatic carbocycles. The van der Waals surface area contributed by atoms with Gasteiger partial charge in [0.2, 0.25) is 0 Å². The molecule has 1 aromatic heterocycles. The fraction of sp³-hybridized carbons (Fsp3) is 0.667. The van der Waals surface area contributed by atoms with Crippen LogP contribution in [0, 0.1) is 5.41 Å². The number of hydrazine groups is 1. The minimum absolute atomic E-state index is 0.0669. The minimum atomic E-state index is -0.0669. The Bertz CT molecular complexity index is 517. The normalized spacial score (nSPS) is 17.9. The molecule has 0 aliphatic carbocycles. The van der Waals surface area contributed by atoms with Gasteiger partial charge in [0.1, 0.15) is 5.82 Å². The van der Waals surface area contributed by atoms with Gasteiger partial charge in [0.15, 0.2) is 5.69 Å². The van der Waals surface area contributed by atoms with Gasteiger partial charge in [0, 0.05) is 19.0 Å². The third kappa shape index (κ3) is 3.50. The van der Waals surface area contributed by atoms with Crippen LogP contribution in [0.2, 0.25) is 0 Å². The van der Waals surface area contributed by atoms with Crippen LogP contribution in [0.4, 0.5) is 5.69 Å². The summed E-state index contributed by atoms with van der Waals surface area (Å²) in [4.78, 5) is 23.2. The zero-order valence-electron chi connectivity index (χ0n) is 13.3. The van der Waals surface area contributed by atoms with E-state index in [0.717, 1.165) is 25.9 Å². The summed E-state index contributed by atoms with van der Waals surface area (Å²) in [6.07, 6.45) is 3.60. The summed E-state index contributed by atoms with van der Waals surface area (Å²) >= 11 is 0. The fourth-order valence-corrected chi connectivity index (χ4v) is 2.41. The van der Waals surface area contributed by atoms with E-state index in [-0.39, 0.29) is 11.8 Å².